The zero-order valence-corrected chi connectivity index (χ0v) is 19.1. The molecular weight excluding hydrogens is 455 g/mol. The molecular formula is C27H20Cl2N2O2. The molecule has 1 amide bonds. The first-order valence-electron chi connectivity index (χ1n) is 10.6. The topological polar surface area (TPSA) is 54.6 Å². The van der Waals surface area contributed by atoms with E-state index in [1.54, 1.807) is 18.2 Å². The van der Waals surface area contributed by atoms with Crippen LogP contribution < -0.4 is 5.43 Å². The van der Waals surface area contributed by atoms with Gasteiger partial charge in [0.15, 0.2) is 0 Å². The van der Waals surface area contributed by atoms with E-state index in [-0.39, 0.29) is 17.2 Å². The molecule has 0 spiro atoms. The Labute approximate surface area is 201 Å². The summed E-state index contributed by atoms with van der Waals surface area (Å²) in [5.74, 6) is 0.846. The highest BCUT2D eigenvalue weighted by molar-refractivity contribution is 6.42. The van der Waals surface area contributed by atoms with E-state index in [4.69, 9.17) is 27.6 Å². The second-order valence-electron chi connectivity index (χ2n) is 8.03. The van der Waals surface area contributed by atoms with Gasteiger partial charge in [0.05, 0.1) is 22.2 Å². The number of rotatable bonds is 6. The van der Waals surface area contributed by atoms with E-state index in [1.165, 1.54) is 6.21 Å². The highest BCUT2D eigenvalue weighted by Gasteiger charge is 2.60. The molecule has 1 aliphatic rings. The van der Waals surface area contributed by atoms with Gasteiger partial charge in [-0.3, -0.25) is 4.79 Å². The van der Waals surface area contributed by atoms with Crippen molar-refractivity contribution in [1.82, 2.24) is 5.43 Å². The van der Waals surface area contributed by atoms with Crippen LogP contribution in [0.2, 0.25) is 10.0 Å². The number of carbonyl (C=O) groups is 1. The molecule has 1 aromatic heterocycles. The predicted octanol–water partition coefficient (Wildman–Crippen LogP) is 6.71. The lowest BCUT2D eigenvalue weighted by molar-refractivity contribution is -0.122. The fourth-order valence-corrected chi connectivity index (χ4v) is 4.62. The number of nitrogens with zero attached hydrogens (tertiary/aromatic N) is 1. The molecule has 1 atom stereocenters. The van der Waals surface area contributed by atoms with Gasteiger partial charge in [0.25, 0.3) is 0 Å². The summed E-state index contributed by atoms with van der Waals surface area (Å²) in [6.07, 6.45) is 2.23. The molecule has 0 bridgehead atoms. The first-order valence-corrected chi connectivity index (χ1v) is 11.3. The van der Waals surface area contributed by atoms with E-state index in [2.05, 4.69) is 34.8 Å². The van der Waals surface area contributed by atoms with E-state index in [0.717, 1.165) is 23.1 Å². The number of hydrogen-bond donors (Lipinski definition) is 1. The van der Waals surface area contributed by atoms with Gasteiger partial charge < -0.3 is 4.42 Å². The van der Waals surface area contributed by atoms with Crippen LogP contribution in [0.25, 0.3) is 11.3 Å². The molecule has 1 saturated carbocycles. The van der Waals surface area contributed by atoms with Crippen LogP contribution in [0.4, 0.5) is 0 Å². The predicted molar refractivity (Wildman–Crippen MR) is 132 cm³/mol. The van der Waals surface area contributed by atoms with E-state index in [0.29, 0.717) is 21.6 Å². The Kier molecular flexibility index (Phi) is 5.79. The number of furan rings is 1. The average Bonchev–Trinajstić information content (AvgIpc) is 3.45. The molecule has 6 heteroatoms. The lowest BCUT2D eigenvalue weighted by Gasteiger charge is -2.18. The minimum Gasteiger partial charge on any atom is -0.455 e. The van der Waals surface area contributed by atoms with Gasteiger partial charge in [0.1, 0.15) is 11.5 Å². The smallest absolute Gasteiger partial charge is 0.244 e. The third-order valence-electron chi connectivity index (χ3n) is 6.05. The van der Waals surface area contributed by atoms with Crippen molar-refractivity contribution in [1.29, 1.82) is 0 Å². The van der Waals surface area contributed by atoms with Crippen molar-refractivity contribution < 1.29 is 9.21 Å². The molecule has 1 N–H and O–H groups in total. The highest BCUT2D eigenvalue weighted by atomic mass is 35.5. The highest BCUT2D eigenvalue weighted by Crippen LogP contribution is 2.58. The monoisotopic (exact) mass is 474 g/mol. The zero-order valence-electron chi connectivity index (χ0n) is 17.5. The fraction of sp³-hybridized carbons (Fsp3) is 0.111. The minimum absolute atomic E-state index is 0.116. The molecule has 164 valence electrons. The second-order valence-corrected chi connectivity index (χ2v) is 8.84. The SMILES string of the molecule is O=C(N/N=C\c1ccc(-c2ccc(Cl)c(Cl)c2)o1)[C@H]1CC1(c1ccccc1)c1ccccc1. The molecule has 1 fully saturated rings. The van der Waals surface area contributed by atoms with Gasteiger partial charge in [-0.25, -0.2) is 5.43 Å². The van der Waals surface area contributed by atoms with E-state index >= 15 is 0 Å². The molecule has 0 aliphatic heterocycles. The Bertz CT molecular complexity index is 1280. The normalized spacial score (nSPS) is 16.6. The van der Waals surface area contributed by atoms with Crippen molar-refractivity contribution in [2.24, 2.45) is 11.0 Å². The maximum Gasteiger partial charge on any atom is 0.244 e. The maximum absolute atomic E-state index is 13.0. The number of hydrogen-bond acceptors (Lipinski definition) is 3. The first kappa shape index (κ1) is 21.5. The Hall–Kier alpha value is -3.34. The van der Waals surface area contributed by atoms with Gasteiger partial charge in [-0.15, -0.1) is 0 Å². The van der Waals surface area contributed by atoms with Crippen molar-refractivity contribution in [3.05, 3.63) is 118 Å². The molecule has 1 aliphatic carbocycles. The third kappa shape index (κ3) is 4.20. The molecule has 4 nitrogen and oxygen atoms in total. The lowest BCUT2D eigenvalue weighted by Crippen LogP contribution is -2.25. The van der Waals surface area contributed by atoms with Crippen molar-refractivity contribution in [3.63, 3.8) is 0 Å². The van der Waals surface area contributed by atoms with Crippen molar-refractivity contribution in [2.45, 2.75) is 11.8 Å². The fourth-order valence-electron chi connectivity index (χ4n) is 4.32. The largest absolute Gasteiger partial charge is 0.455 e. The molecule has 33 heavy (non-hydrogen) atoms. The van der Waals surface area contributed by atoms with Crippen molar-refractivity contribution >= 4 is 35.3 Å². The van der Waals surface area contributed by atoms with Gasteiger partial charge in [-0.1, -0.05) is 83.9 Å². The van der Waals surface area contributed by atoms with Gasteiger partial charge in [0, 0.05) is 11.0 Å². The van der Waals surface area contributed by atoms with Crippen LogP contribution in [-0.4, -0.2) is 12.1 Å². The Morgan fingerprint density at radius 3 is 2.21 bits per heavy atom. The molecule has 0 radical (unpaired) electrons. The quantitative estimate of drug-likeness (QED) is 0.249. The summed E-state index contributed by atoms with van der Waals surface area (Å²) in [7, 11) is 0. The summed E-state index contributed by atoms with van der Waals surface area (Å²) in [4.78, 5) is 13.0. The Morgan fingerprint density at radius 2 is 1.58 bits per heavy atom. The van der Waals surface area contributed by atoms with Crippen LogP contribution in [0.1, 0.15) is 23.3 Å². The Morgan fingerprint density at radius 1 is 0.909 bits per heavy atom. The average molecular weight is 475 g/mol. The van der Waals surface area contributed by atoms with Crippen LogP contribution in [0.15, 0.2) is 101 Å². The summed E-state index contributed by atoms with van der Waals surface area (Å²) in [6, 6.07) is 29.2. The zero-order chi connectivity index (χ0) is 22.8. The van der Waals surface area contributed by atoms with Crippen LogP contribution in [0.5, 0.6) is 0 Å². The molecule has 0 saturated heterocycles. The lowest BCUT2D eigenvalue weighted by atomic mass is 9.85. The van der Waals surface area contributed by atoms with E-state index < -0.39 is 0 Å². The number of carbonyl (C=O) groups excluding carboxylic acids is 1. The minimum atomic E-state index is -0.326. The van der Waals surface area contributed by atoms with Crippen LogP contribution in [0.3, 0.4) is 0 Å². The third-order valence-corrected chi connectivity index (χ3v) is 6.79. The summed E-state index contributed by atoms with van der Waals surface area (Å²) >= 11 is 12.1. The maximum atomic E-state index is 13.0. The van der Waals surface area contributed by atoms with E-state index in [9.17, 15) is 4.79 Å². The molecule has 5 rings (SSSR count). The summed E-state index contributed by atoms with van der Waals surface area (Å²) in [5, 5.41) is 5.07. The second kappa shape index (κ2) is 8.89. The van der Waals surface area contributed by atoms with Crippen LogP contribution >= 0.6 is 23.2 Å². The van der Waals surface area contributed by atoms with Crippen LogP contribution in [0, 0.1) is 5.92 Å². The van der Waals surface area contributed by atoms with Gasteiger partial charge in [-0.2, -0.15) is 5.10 Å². The summed E-state index contributed by atoms with van der Waals surface area (Å²) < 4.78 is 5.80. The van der Waals surface area contributed by atoms with Crippen LogP contribution in [-0.2, 0) is 10.2 Å². The first-order chi connectivity index (χ1) is 16.1. The molecule has 1 heterocycles. The summed E-state index contributed by atoms with van der Waals surface area (Å²) in [6.45, 7) is 0. The number of amides is 1. The number of benzene rings is 3. The number of nitrogens with one attached hydrogen (secondary N) is 1. The van der Waals surface area contributed by atoms with Crippen molar-refractivity contribution in [2.75, 3.05) is 0 Å². The summed E-state index contributed by atoms with van der Waals surface area (Å²) in [5.41, 5.74) is 5.44. The standard InChI is InChI=1S/C27H20Cl2N2O2/c28-23-13-11-18(15-24(23)29)25-14-12-21(33-25)17-30-31-26(32)22-16-27(22,19-7-3-1-4-8-19)20-9-5-2-6-10-20/h1-15,17,22H,16H2,(H,31,32)/b30-17-/t22-/m1/s1. The van der Waals surface area contributed by atoms with Gasteiger partial charge in [-0.05, 0) is 47.9 Å². The molecule has 3 aromatic carbocycles. The number of halogens is 2. The van der Waals surface area contributed by atoms with Gasteiger partial charge in [0.2, 0.25) is 5.91 Å². The van der Waals surface area contributed by atoms with Gasteiger partial charge >= 0.3 is 0 Å². The molecule has 0 unspecified atom stereocenters. The van der Waals surface area contributed by atoms with Crippen molar-refractivity contribution in [3.8, 4) is 11.3 Å². The number of hydrazone groups is 1. The van der Waals surface area contributed by atoms with E-state index in [1.807, 2.05) is 48.5 Å². The Balaban J connectivity index is 1.30. The molecule has 4 aromatic rings.